The van der Waals surface area contributed by atoms with Crippen molar-refractivity contribution in [1.82, 2.24) is 20.3 Å². The molecule has 0 spiro atoms. The van der Waals surface area contributed by atoms with Crippen LogP contribution in [0.1, 0.15) is 21.5 Å². The number of aryl methyl sites for hydroxylation is 2. The molecular weight excluding hydrogens is 338 g/mol. The maximum Gasteiger partial charge on any atom is 0.253 e. The van der Waals surface area contributed by atoms with Gasteiger partial charge in [-0.3, -0.25) is 4.79 Å². The van der Waals surface area contributed by atoms with Gasteiger partial charge in [-0.1, -0.05) is 17.7 Å². The number of nitrogens with zero attached hydrogens (tertiary/aromatic N) is 2. The number of nitrogen functional groups attached to an aromatic ring is 1. The summed E-state index contributed by atoms with van der Waals surface area (Å²) in [4.78, 5) is 24.0. The van der Waals surface area contributed by atoms with E-state index in [1.807, 2.05) is 32.0 Å². The summed E-state index contributed by atoms with van der Waals surface area (Å²) in [7, 11) is 1.59. The quantitative estimate of drug-likeness (QED) is 0.671. The molecule has 7 heteroatoms. The van der Waals surface area contributed by atoms with Crippen LogP contribution in [0.4, 0.5) is 5.95 Å². The second-order valence-corrected chi connectivity index (χ2v) is 6.21. The second-order valence-electron chi connectivity index (χ2n) is 5.77. The van der Waals surface area contributed by atoms with Crippen molar-refractivity contribution in [2.24, 2.45) is 0 Å². The van der Waals surface area contributed by atoms with Gasteiger partial charge >= 0.3 is 0 Å². The number of amides is 1. The summed E-state index contributed by atoms with van der Waals surface area (Å²) in [6.45, 7) is 3.85. The van der Waals surface area contributed by atoms with Crippen LogP contribution in [0, 0.1) is 13.8 Å². The van der Waals surface area contributed by atoms with Crippen LogP contribution in [0.2, 0.25) is 5.02 Å². The summed E-state index contributed by atoms with van der Waals surface area (Å²) in [5.74, 6) is -0.0197. The number of carbonyl (C=O) groups is 1. The van der Waals surface area contributed by atoms with Crippen LogP contribution in [0.5, 0.6) is 0 Å². The molecule has 1 amide bonds. The number of carbonyl (C=O) groups excluding carboxylic acids is 1. The van der Waals surface area contributed by atoms with Crippen molar-refractivity contribution in [2.75, 3.05) is 12.8 Å². The van der Waals surface area contributed by atoms with Gasteiger partial charge in [0.05, 0.1) is 22.6 Å². The maximum atomic E-state index is 12.4. The Kier molecular flexibility index (Phi) is 4.46. The average molecular weight is 356 g/mol. The summed E-state index contributed by atoms with van der Waals surface area (Å²) < 4.78 is 0. The Morgan fingerprint density at radius 1 is 1.24 bits per heavy atom. The van der Waals surface area contributed by atoms with E-state index in [1.54, 1.807) is 19.3 Å². The lowest BCUT2D eigenvalue weighted by atomic mass is 10.0. The van der Waals surface area contributed by atoms with Crippen LogP contribution in [-0.4, -0.2) is 27.9 Å². The van der Waals surface area contributed by atoms with Crippen LogP contribution in [0.25, 0.3) is 22.6 Å². The number of nitrogens with one attached hydrogen (secondary N) is 2. The van der Waals surface area contributed by atoms with Gasteiger partial charge in [-0.15, -0.1) is 0 Å². The SMILES string of the molecule is CNC(=O)c1cc(-c2nc(N)ncc2C)[nH]c1-c1cc(Cl)ccc1C. The number of aromatic amines is 1. The summed E-state index contributed by atoms with van der Waals surface area (Å²) in [5.41, 5.74) is 11.0. The number of nitrogens with two attached hydrogens (primary N) is 1. The summed E-state index contributed by atoms with van der Waals surface area (Å²) in [6, 6.07) is 7.34. The minimum absolute atomic E-state index is 0.178. The highest BCUT2D eigenvalue weighted by Crippen LogP contribution is 2.33. The minimum atomic E-state index is -0.198. The van der Waals surface area contributed by atoms with E-state index in [-0.39, 0.29) is 11.9 Å². The highest BCUT2D eigenvalue weighted by atomic mass is 35.5. The van der Waals surface area contributed by atoms with Crippen LogP contribution in [0.3, 0.4) is 0 Å². The molecule has 0 atom stereocenters. The van der Waals surface area contributed by atoms with Crippen molar-refractivity contribution in [1.29, 1.82) is 0 Å². The van der Waals surface area contributed by atoms with Crippen LogP contribution in [-0.2, 0) is 0 Å². The molecule has 25 heavy (non-hydrogen) atoms. The first-order chi connectivity index (χ1) is 11.9. The van der Waals surface area contributed by atoms with E-state index >= 15 is 0 Å². The van der Waals surface area contributed by atoms with Gasteiger partial charge in [-0.05, 0) is 43.2 Å². The van der Waals surface area contributed by atoms with Gasteiger partial charge in [0, 0.05) is 23.8 Å². The average Bonchev–Trinajstić information content (AvgIpc) is 3.03. The minimum Gasteiger partial charge on any atom is -0.368 e. The first-order valence-electron chi connectivity index (χ1n) is 7.71. The molecule has 0 aliphatic carbocycles. The predicted octanol–water partition coefficient (Wildman–Crippen LogP) is 3.35. The van der Waals surface area contributed by atoms with E-state index in [4.69, 9.17) is 17.3 Å². The number of hydrogen-bond donors (Lipinski definition) is 3. The lowest BCUT2D eigenvalue weighted by Crippen LogP contribution is -2.18. The molecule has 2 heterocycles. The summed E-state index contributed by atoms with van der Waals surface area (Å²) >= 11 is 6.15. The molecule has 3 rings (SSSR count). The van der Waals surface area contributed by atoms with Crippen molar-refractivity contribution in [2.45, 2.75) is 13.8 Å². The Bertz CT molecular complexity index is 964. The normalized spacial score (nSPS) is 10.7. The molecule has 0 unspecified atom stereocenters. The molecule has 4 N–H and O–H groups in total. The molecule has 0 fully saturated rings. The monoisotopic (exact) mass is 355 g/mol. The first kappa shape index (κ1) is 17.0. The summed E-state index contributed by atoms with van der Waals surface area (Å²) in [6.07, 6.45) is 1.66. The number of aromatic nitrogens is 3. The van der Waals surface area contributed by atoms with E-state index < -0.39 is 0 Å². The van der Waals surface area contributed by atoms with Crippen LogP contribution < -0.4 is 11.1 Å². The third-order valence-electron chi connectivity index (χ3n) is 4.00. The smallest absolute Gasteiger partial charge is 0.253 e. The number of rotatable bonds is 3. The molecule has 1 aromatic carbocycles. The largest absolute Gasteiger partial charge is 0.368 e. The fourth-order valence-corrected chi connectivity index (χ4v) is 2.87. The van der Waals surface area contributed by atoms with E-state index in [0.717, 1.165) is 16.7 Å². The maximum absolute atomic E-state index is 12.4. The van der Waals surface area contributed by atoms with Gasteiger partial charge in [0.2, 0.25) is 5.95 Å². The molecule has 6 nitrogen and oxygen atoms in total. The van der Waals surface area contributed by atoms with Crippen LogP contribution in [0.15, 0.2) is 30.5 Å². The highest BCUT2D eigenvalue weighted by molar-refractivity contribution is 6.31. The van der Waals surface area contributed by atoms with Crippen molar-refractivity contribution in [3.8, 4) is 22.6 Å². The molecule has 128 valence electrons. The molecule has 0 saturated heterocycles. The lowest BCUT2D eigenvalue weighted by molar-refractivity contribution is 0.0964. The van der Waals surface area contributed by atoms with Gasteiger partial charge in [-0.2, -0.15) is 0 Å². The Hall–Kier alpha value is -2.86. The molecule has 2 aromatic heterocycles. The van der Waals surface area contributed by atoms with Gasteiger partial charge in [0.15, 0.2) is 0 Å². The number of H-pyrrole nitrogens is 1. The molecule has 0 radical (unpaired) electrons. The van der Waals surface area contributed by atoms with E-state index in [1.165, 1.54) is 0 Å². The topological polar surface area (TPSA) is 96.7 Å². The number of benzene rings is 1. The zero-order valence-corrected chi connectivity index (χ0v) is 14.9. The number of anilines is 1. The van der Waals surface area contributed by atoms with Gasteiger partial charge < -0.3 is 16.0 Å². The fraction of sp³-hybridized carbons (Fsp3) is 0.167. The van der Waals surface area contributed by atoms with Crippen LogP contribution >= 0.6 is 11.6 Å². The molecule has 0 saturated carbocycles. The number of hydrogen-bond acceptors (Lipinski definition) is 4. The molecule has 0 bridgehead atoms. The molecule has 0 aliphatic heterocycles. The van der Waals surface area contributed by atoms with Crippen molar-refractivity contribution in [3.05, 3.63) is 52.2 Å². The Morgan fingerprint density at radius 3 is 2.72 bits per heavy atom. The third-order valence-corrected chi connectivity index (χ3v) is 4.24. The van der Waals surface area contributed by atoms with E-state index in [9.17, 15) is 4.79 Å². The fourth-order valence-electron chi connectivity index (χ4n) is 2.70. The standard InChI is InChI=1S/C18H18ClN5O/c1-9-4-5-11(19)6-12(9)16-13(17(25)21-3)7-14(23-16)15-10(2)8-22-18(20)24-15/h4-8,23H,1-3H3,(H,21,25)(H2,20,22,24). The van der Waals surface area contributed by atoms with Gasteiger partial charge in [0.25, 0.3) is 5.91 Å². The Balaban J connectivity index is 2.25. The van der Waals surface area contributed by atoms with Gasteiger partial charge in [-0.25, -0.2) is 9.97 Å². The summed E-state index contributed by atoms with van der Waals surface area (Å²) in [5, 5.41) is 3.27. The lowest BCUT2D eigenvalue weighted by Gasteiger charge is -2.08. The van der Waals surface area contributed by atoms with E-state index in [2.05, 4.69) is 20.3 Å². The van der Waals surface area contributed by atoms with Crippen molar-refractivity contribution in [3.63, 3.8) is 0 Å². The highest BCUT2D eigenvalue weighted by Gasteiger charge is 2.20. The number of halogens is 1. The molecule has 3 aromatic rings. The van der Waals surface area contributed by atoms with Gasteiger partial charge in [0.1, 0.15) is 0 Å². The molecule has 0 aliphatic rings. The predicted molar refractivity (Wildman–Crippen MR) is 99.5 cm³/mol. The van der Waals surface area contributed by atoms with Crippen molar-refractivity contribution < 1.29 is 4.79 Å². The van der Waals surface area contributed by atoms with Crippen molar-refractivity contribution >= 4 is 23.5 Å². The second kappa shape index (κ2) is 6.57. The molecular formula is C18H18ClN5O. The first-order valence-corrected chi connectivity index (χ1v) is 8.09. The Morgan fingerprint density at radius 2 is 2.00 bits per heavy atom. The zero-order valence-electron chi connectivity index (χ0n) is 14.1. The van der Waals surface area contributed by atoms with E-state index in [0.29, 0.717) is 27.7 Å². The third kappa shape index (κ3) is 3.21. The zero-order chi connectivity index (χ0) is 18.1. The Labute approximate surface area is 150 Å².